The fourth-order valence-corrected chi connectivity index (χ4v) is 3.05. The Kier molecular flexibility index (Phi) is 5.52. The number of carbonyl (C=O) groups is 2. The van der Waals surface area contributed by atoms with E-state index in [1.165, 1.54) is 24.4 Å². The summed E-state index contributed by atoms with van der Waals surface area (Å²) in [7, 11) is 0. The first-order chi connectivity index (χ1) is 13.2. The molecule has 0 aromatic carbocycles. The van der Waals surface area contributed by atoms with Crippen molar-refractivity contribution in [1.82, 2.24) is 25.4 Å². The van der Waals surface area contributed by atoms with Crippen LogP contribution in [0.15, 0.2) is 29.2 Å². The van der Waals surface area contributed by atoms with E-state index < -0.39 is 18.6 Å². The van der Waals surface area contributed by atoms with Gasteiger partial charge in [0.2, 0.25) is 5.56 Å². The van der Waals surface area contributed by atoms with Crippen molar-refractivity contribution in [3.8, 4) is 0 Å². The van der Waals surface area contributed by atoms with Gasteiger partial charge < -0.3 is 15.2 Å². The molecule has 3 rings (SSSR count). The van der Waals surface area contributed by atoms with Crippen molar-refractivity contribution >= 4 is 11.8 Å². The lowest BCUT2D eigenvalue weighted by Gasteiger charge is -2.31. The van der Waals surface area contributed by atoms with E-state index in [0.717, 1.165) is 0 Å². The Balaban J connectivity index is 1.56. The smallest absolute Gasteiger partial charge is 0.342 e. The standard InChI is InChI=1S/C17H18F3N5O3/c18-17(19,20)9-22-15(27)13-7-12(23-24-13)10-3-5-25(6-4-10)16(28)11-1-2-14(26)21-8-11/h1-2,7-8,10H,3-6,9H2,(H,21,26)(H,22,27)(H,23,24). The van der Waals surface area contributed by atoms with Crippen molar-refractivity contribution in [2.45, 2.75) is 24.9 Å². The molecule has 2 amide bonds. The number of hydrogen-bond donors (Lipinski definition) is 3. The molecule has 0 spiro atoms. The minimum absolute atomic E-state index is 0.0105. The van der Waals surface area contributed by atoms with Crippen LogP contribution in [-0.4, -0.2) is 57.7 Å². The molecule has 1 aliphatic rings. The molecule has 1 fully saturated rings. The number of piperidine rings is 1. The number of nitrogens with zero attached hydrogens (tertiary/aromatic N) is 2. The Bertz CT molecular complexity index is 893. The monoisotopic (exact) mass is 397 g/mol. The molecule has 3 heterocycles. The van der Waals surface area contributed by atoms with Gasteiger partial charge in [0, 0.05) is 37.0 Å². The first-order valence-corrected chi connectivity index (χ1v) is 8.61. The van der Waals surface area contributed by atoms with Crippen LogP contribution in [0.25, 0.3) is 0 Å². The van der Waals surface area contributed by atoms with E-state index in [-0.39, 0.29) is 23.1 Å². The van der Waals surface area contributed by atoms with Gasteiger partial charge in [0.1, 0.15) is 12.2 Å². The largest absolute Gasteiger partial charge is 0.405 e. The number of hydrogen-bond acceptors (Lipinski definition) is 4. The summed E-state index contributed by atoms with van der Waals surface area (Å²) in [6.45, 7) is -0.478. The molecular formula is C17H18F3N5O3. The van der Waals surface area contributed by atoms with Crippen molar-refractivity contribution in [2.24, 2.45) is 0 Å². The molecule has 0 aliphatic carbocycles. The summed E-state index contributed by atoms with van der Waals surface area (Å²) in [5.41, 5.74) is 0.645. The highest BCUT2D eigenvalue weighted by Gasteiger charge is 2.29. The first kappa shape index (κ1) is 19.6. The Hall–Kier alpha value is -3.11. The van der Waals surface area contributed by atoms with Gasteiger partial charge in [-0.05, 0) is 25.0 Å². The maximum atomic E-state index is 12.4. The SMILES string of the molecule is O=C(NCC(F)(F)F)c1cc(C2CCN(C(=O)c3ccc(=O)[nH]c3)CC2)[nH]n1. The Morgan fingerprint density at radius 3 is 2.57 bits per heavy atom. The molecule has 0 bridgehead atoms. The number of aromatic amines is 2. The summed E-state index contributed by atoms with van der Waals surface area (Å²) in [6.07, 6.45) is -1.89. The van der Waals surface area contributed by atoms with Crippen LogP contribution in [0.5, 0.6) is 0 Å². The third-order valence-corrected chi connectivity index (χ3v) is 4.53. The second-order valence-corrected chi connectivity index (χ2v) is 6.51. The highest BCUT2D eigenvalue weighted by molar-refractivity contribution is 5.94. The van der Waals surface area contributed by atoms with Crippen molar-refractivity contribution in [3.05, 3.63) is 51.7 Å². The van der Waals surface area contributed by atoms with Crippen molar-refractivity contribution in [1.29, 1.82) is 0 Å². The zero-order valence-electron chi connectivity index (χ0n) is 14.7. The molecule has 28 heavy (non-hydrogen) atoms. The number of carbonyl (C=O) groups excluding carboxylic acids is 2. The minimum Gasteiger partial charge on any atom is -0.342 e. The number of pyridine rings is 1. The van der Waals surface area contributed by atoms with Gasteiger partial charge in [0.25, 0.3) is 11.8 Å². The molecule has 2 aromatic rings. The molecule has 0 radical (unpaired) electrons. The first-order valence-electron chi connectivity index (χ1n) is 8.61. The molecule has 3 N–H and O–H groups in total. The van der Waals surface area contributed by atoms with Gasteiger partial charge in [0.05, 0.1) is 5.56 Å². The van der Waals surface area contributed by atoms with Crippen LogP contribution in [0.2, 0.25) is 0 Å². The fraction of sp³-hybridized carbons (Fsp3) is 0.412. The normalized spacial score (nSPS) is 15.5. The molecule has 1 aliphatic heterocycles. The van der Waals surface area contributed by atoms with Gasteiger partial charge in [0.15, 0.2) is 0 Å². The third-order valence-electron chi connectivity index (χ3n) is 4.53. The molecule has 0 saturated carbocycles. The highest BCUT2D eigenvalue weighted by atomic mass is 19.4. The molecule has 2 aromatic heterocycles. The summed E-state index contributed by atoms with van der Waals surface area (Å²) >= 11 is 0. The minimum atomic E-state index is -4.49. The molecule has 0 unspecified atom stereocenters. The number of H-pyrrole nitrogens is 2. The lowest BCUT2D eigenvalue weighted by molar-refractivity contribution is -0.123. The zero-order valence-corrected chi connectivity index (χ0v) is 14.7. The summed E-state index contributed by atoms with van der Waals surface area (Å²) in [5, 5.41) is 8.26. The van der Waals surface area contributed by atoms with Gasteiger partial charge in [-0.2, -0.15) is 18.3 Å². The molecule has 8 nitrogen and oxygen atoms in total. The van der Waals surface area contributed by atoms with Gasteiger partial charge in [-0.25, -0.2) is 0 Å². The Labute approximate surface area is 157 Å². The lowest BCUT2D eigenvalue weighted by atomic mass is 9.93. The average molecular weight is 397 g/mol. The van der Waals surface area contributed by atoms with Crippen molar-refractivity contribution in [2.75, 3.05) is 19.6 Å². The number of aromatic nitrogens is 3. The van der Waals surface area contributed by atoms with E-state index in [1.807, 2.05) is 0 Å². The van der Waals surface area contributed by atoms with Crippen LogP contribution in [0.1, 0.15) is 45.3 Å². The summed E-state index contributed by atoms with van der Waals surface area (Å²) < 4.78 is 36.5. The number of likely N-dealkylation sites (tertiary alicyclic amines) is 1. The van der Waals surface area contributed by atoms with Crippen LogP contribution in [0.4, 0.5) is 13.2 Å². The number of halogens is 3. The van der Waals surface area contributed by atoms with Gasteiger partial charge >= 0.3 is 6.18 Å². The predicted octanol–water partition coefficient (Wildman–Crippen LogP) is 1.41. The average Bonchev–Trinajstić information content (AvgIpc) is 3.16. The fourth-order valence-electron chi connectivity index (χ4n) is 3.05. The van der Waals surface area contributed by atoms with E-state index in [9.17, 15) is 27.6 Å². The van der Waals surface area contributed by atoms with Crippen molar-refractivity contribution < 1.29 is 22.8 Å². The van der Waals surface area contributed by atoms with Crippen LogP contribution >= 0.6 is 0 Å². The summed E-state index contributed by atoms with van der Waals surface area (Å²) in [6, 6.07) is 4.19. The summed E-state index contributed by atoms with van der Waals surface area (Å²) in [5.74, 6) is -1.08. The second-order valence-electron chi connectivity index (χ2n) is 6.51. The number of alkyl halides is 3. The van der Waals surface area contributed by atoms with Crippen LogP contribution < -0.4 is 10.9 Å². The van der Waals surface area contributed by atoms with E-state index in [4.69, 9.17) is 0 Å². The van der Waals surface area contributed by atoms with Crippen molar-refractivity contribution in [3.63, 3.8) is 0 Å². The molecule has 11 heteroatoms. The predicted molar refractivity (Wildman–Crippen MR) is 91.9 cm³/mol. The van der Waals surface area contributed by atoms with E-state index >= 15 is 0 Å². The maximum Gasteiger partial charge on any atom is 0.405 e. The highest BCUT2D eigenvalue weighted by Crippen LogP contribution is 2.27. The third kappa shape index (κ3) is 4.78. The molecular weight excluding hydrogens is 379 g/mol. The van der Waals surface area contributed by atoms with Gasteiger partial charge in [-0.1, -0.05) is 0 Å². The van der Waals surface area contributed by atoms with Gasteiger partial charge in [-0.15, -0.1) is 0 Å². The van der Waals surface area contributed by atoms with E-state index in [1.54, 1.807) is 10.2 Å². The number of rotatable bonds is 4. The quantitative estimate of drug-likeness (QED) is 0.724. The molecule has 1 saturated heterocycles. The lowest BCUT2D eigenvalue weighted by Crippen LogP contribution is -2.38. The van der Waals surface area contributed by atoms with Crippen LogP contribution in [0, 0.1) is 0 Å². The van der Waals surface area contributed by atoms with Crippen LogP contribution in [-0.2, 0) is 0 Å². The number of amides is 2. The second kappa shape index (κ2) is 7.87. The zero-order chi connectivity index (χ0) is 20.3. The van der Waals surface area contributed by atoms with E-state index in [0.29, 0.717) is 37.2 Å². The molecule has 0 atom stereocenters. The maximum absolute atomic E-state index is 12.4. The summed E-state index contributed by atoms with van der Waals surface area (Å²) in [4.78, 5) is 39.4. The molecule has 150 valence electrons. The Morgan fingerprint density at radius 2 is 1.96 bits per heavy atom. The van der Waals surface area contributed by atoms with Crippen LogP contribution in [0.3, 0.4) is 0 Å². The van der Waals surface area contributed by atoms with E-state index in [2.05, 4.69) is 15.2 Å². The Morgan fingerprint density at radius 1 is 1.25 bits per heavy atom. The topological polar surface area (TPSA) is 111 Å². The number of nitrogens with one attached hydrogen (secondary N) is 3. The van der Waals surface area contributed by atoms with Gasteiger partial charge in [-0.3, -0.25) is 19.5 Å².